The van der Waals surface area contributed by atoms with Crippen molar-refractivity contribution in [2.45, 2.75) is 13.0 Å². The molecule has 0 aromatic carbocycles. The highest BCUT2D eigenvalue weighted by molar-refractivity contribution is 5.17. The van der Waals surface area contributed by atoms with Crippen molar-refractivity contribution in [2.24, 2.45) is 5.73 Å². The van der Waals surface area contributed by atoms with Gasteiger partial charge in [-0.15, -0.1) is 0 Å². The third-order valence-corrected chi connectivity index (χ3v) is 1.53. The molecule has 0 aliphatic carbocycles. The van der Waals surface area contributed by atoms with Crippen LogP contribution in [0.25, 0.3) is 0 Å². The second-order valence-electron chi connectivity index (χ2n) is 2.48. The van der Waals surface area contributed by atoms with Crippen molar-refractivity contribution in [3.8, 4) is 0 Å². The zero-order valence-corrected chi connectivity index (χ0v) is 6.49. The van der Waals surface area contributed by atoms with Crippen molar-refractivity contribution >= 4 is 0 Å². The molecule has 0 fully saturated rings. The summed E-state index contributed by atoms with van der Waals surface area (Å²) < 4.78 is 0. The lowest BCUT2D eigenvalue weighted by atomic mass is 10.1. The molecule has 0 aliphatic rings. The van der Waals surface area contributed by atoms with Gasteiger partial charge < -0.3 is 10.8 Å². The Morgan fingerprint density at radius 1 is 1.73 bits per heavy atom. The number of pyridine rings is 1. The number of aromatic nitrogens is 1. The van der Waals surface area contributed by atoms with Crippen LogP contribution in [0, 0.1) is 6.92 Å². The molecule has 0 amide bonds. The molecule has 1 aromatic rings. The smallest absolute Gasteiger partial charge is 0.0913 e. The van der Waals surface area contributed by atoms with E-state index in [-0.39, 0.29) is 6.54 Å². The van der Waals surface area contributed by atoms with Crippen molar-refractivity contribution < 1.29 is 5.11 Å². The van der Waals surface area contributed by atoms with E-state index in [0.29, 0.717) is 0 Å². The van der Waals surface area contributed by atoms with Gasteiger partial charge in [-0.1, -0.05) is 0 Å². The summed E-state index contributed by atoms with van der Waals surface area (Å²) in [6.07, 6.45) is 1.11. The molecule has 1 atom stereocenters. The standard InChI is InChI=1S/C8H12N2O/c1-6-4-7(2-3-10-6)8(11)5-9/h2-4,8,11H,5,9H2,1H3/t8-/m1/s1. The summed E-state index contributed by atoms with van der Waals surface area (Å²) in [5.41, 5.74) is 7.02. The average Bonchev–Trinajstić information content (AvgIpc) is 2.03. The lowest BCUT2D eigenvalue weighted by Gasteiger charge is -2.07. The van der Waals surface area contributed by atoms with E-state index in [1.54, 1.807) is 12.3 Å². The number of hydrogen-bond acceptors (Lipinski definition) is 3. The molecule has 60 valence electrons. The highest BCUT2D eigenvalue weighted by atomic mass is 16.3. The number of aliphatic hydroxyl groups excluding tert-OH is 1. The van der Waals surface area contributed by atoms with E-state index in [4.69, 9.17) is 5.73 Å². The van der Waals surface area contributed by atoms with Gasteiger partial charge in [0.1, 0.15) is 0 Å². The van der Waals surface area contributed by atoms with Crippen LogP contribution in [0.5, 0.6) is 0 Å². The molecule has 1 rings (SSSR count). The molecule has 3 N–H and O–H groups in total. The summed E-state index contributed by atoms with van der Waals surface area (Å²) >= 11 is 0. The molecule has 11 heavy (non-hydrogen) atoms. The third kappa shape index (κ3) is 2.00. The van der Waals surface area contributed by atoms with Gasteiger partial charge in [-0.3, -0.25) is 4.98 Å². The Bertz CT molecular complexity index is 237. The van der Waals surface area contributed by atoms with Crippen LogP contribution in [0.15, 0.2) is 18.3 Å². The molecular formula is C8H12N2O. The number of nitrogens with zero attached hydrogens (tertiary/aromatic N) is 1. The predicted octanol–water partition coefficient (Wildman–Crippen LogP) is 0.382. The molecule has 0 bridgehead atoms. The zero-order chi connectivity index (χ0) is 8.27. The van der Waals surface area contributed by atoms with Gasteiger partial charge in [0.05, 0.1) is 6.10 Å². The molecule has 1 aromatic heterocycles. The minimum absolute atomic E-state index is 0.253. The van der Waals surface area contributed by atoms with E-state index in [9.17, 15) is 5.11 Å². The van der Waals surface area contributed by atoms with Gasteiger partial charge in [-0.25, -0.2) is 0 Å². The van der Waals surface area contributed by atoms with E-state index in [1.807, 2.05) is 13.0 Å². The van der Waals surface area contributed by atoms with E-state index in [0.717, 1.165) is 11.3 Å². The lowest BCUT2D eigenvalue weighted by molar-refractivity contribution is 0.186. The van der Waals surface area contributed by atoms with Gasteiger partial charge in [0.25, 0.3) is 0 Å². The normalized spacial score (nSPS) is 13.0. The van der Waals surface area contributed by atoms with Gasteiger partial charge in [0, 0.05) is 18.4 Å². The van der Waals surface area contributed by atoms with Crippen LogP contribution >= 0.6 is 0 Å². The maximum absolute atomic E-state index is 9.30. The number of rotatable bonds is 2. The molecule has 3 heteroatoms. The first kappa shape index (κ1) is 8.17. The number of aryl methyl sites for hydroxylation is 1. The van der Waals surface area contributed by atoms with Crippen LogP contribution in [-0.2, 0) is 0 Å². The van der Waals surface area contributed by atoms with Crippen LogP contribution < -0.4 is 5.73 Å². The summed E-state index contributed by atoms with van der Waals surface area (Å²) in [6, 6.07) is 3.60. The van der Waals surface area contributed by atoms with Crippen molar-refractivity contribution in [1.82, 2.24) is 4.98 Å². The average molecular weight is 152 g/mol. The van der Waals surface area contributed by atoms with Gasteiger partial charge in [0.2, 0.25) is 0 Å². The van der Waals surface area contributed by atoms with E-state index in [2.05, 4.69) is 4.98 Å². The molecule has 0 radical (unpaired) electrons. The third-order valence-electron chi connectivity index (χ3n) is 1.53. The highest BCUT2D eigenvalue weighted by Gasteiger charge is 2.03. The van der Waals surface area contributed by atoms with Crippen LogP contribution in [0.2, 0.25) is 0 Å². The number of hydrogen-bond donors (Lipinski definition) is 2. The first-order valence-corrected chi connectivity index (χ1v) is 3.54. The van der Waals surface area contributed by atoms with E-state index < -0.39 is 6.10 Å². The second-order valence-corrected chi connectivity index (χ2v) is 2.48. The Morgan fingerprint density at radius 2 is 2.45 bits per heavy atom. The van der Waals surface area contributed by atoms with Crippen LogP contribution in [0.3, 0.4) is 0 Å². The first-order valence-electron chi connectivity index (χ1n) is 3.54. The molecule has 0 aliphatic heterocycles. The number of aliphatic hydroxyl groups is 1. The Morgan fingerprint density at radius 3 is 3.00 bits per heavy atom. The summed E-state index contributed by atoms with van der Waals surface area (Å²) in [5.74, 6) is 0. The fourth-order valence-corrected chi connectivity index (χ4v) is 0.911. The maximum Gasteiger partial charge on any atom is 0.0913 e. The van der Waals surface area contributed by atoms with E-state index in [1.165, 1.54) is 0 Å². The molecule has 0 saturated heterocycles. The molecule has 0 spiro atoms. The summed E-state index contributed by atoms with van der Waals surface area (Å²) in [6.45, 7) is 2.14. The van der Waals surface area contributed by atoms with Gasteiger partial charge >= 0.3 is 0 Å². The maximum atomic E-state index is 9.30. The Kier molecular flexibility index (Phi) is 2.57. The monoisotopic (exact) mass is 152 g/mol. The van der Waals surface area contributed by atoms with Crippen molar-refractivity contribution in [3.05, 3.63) is 29.6 Å². The van der Waals surface area contributed by atoms with E-state index >= 15 is 0 Å². The first-order chi connectivity index (χ1) is 5.24. The van der Waals surface area contributed by atoms with Gasteiger partial charge in [0.15, 0.2) is 0 Å². The fraction of sp³-hybridized carbons (Fsp3) is 0.375. The fourth-order valence-electron chi connectivity index (χ4n) is 0.911. The SMILES string of the molecule is Cc1cc([C@H](O)CN)ccn1. The molecule has 3 nitrogen and oxygen atoms in total. The van der Waals surface area contributed by atoms with Gasteiger partial charge in [-0.2, -0.15) is 0 Å². The largest absolute Gasteiger partial charge is 0.387 e. The lowest BCUT2D eigenvalue weighted by Crippen LogP contribution is -2.11. The van der Waals surface area contributed by atoms with Crippen LogP contribution in [0.1, 0.15) is 17.4 Å². The summed E-state index contributed by atoms with van der Waals surface area (Å²) in [7, 11) is 0. The van der Waals surface area contributed by atoms with Crippen molar-refractivity contribution in [3.63, 3.8) is 0 Å². The number of nitrogens with two attached hydrogens (primary N) is 1. The van der Waals surface area contributed by atoms with Gasteiger partial charge in [-0.05, 0) is 24.6 Å². The minimum atomic E-state index is -0.559. The zero-order valence-electron chi connectivity index (χ0n) is 6.49. The Labute approximate surface area is 65.9 Å². The Hall–Kier alpha value is -0.930. The summed E-state index contributed by atoms with van der Waals surface area (Å²) in [5, 5.41) is 9.30. The molecule has 0 saturated carbocycles. The van der Waals surface area contributed by atoms with Crippen molar-refractivity contribution in [2.75, 3.05) is 6.54 Å². The predicted molar refractivity (Wildman–Crippen MR) is 43.0 cm³/mol. The molecular weight excluding hydrogens is 140 g/mol. The molecule has 0 unspecified atom stereocenters. The highest BCUT2D eigenvalue weighted by Crippen LogP contribution is 2.10. The Balaban J connectivity index is 2.86. The van der Waals surface area contributed by atoms with Crippen LogP contribution in [-0.4, -0.2) is 16.6 Å². The van der Waals surface area contributed by atoms with Crippen LogP contribution in [0.4, 0.5) is 0 Å². The minimum Gasteiger partial charge on any atom is -0.387 e. The second kappa shape index (κ2) is 3.46. The molecule has 1 heterocycles. The van der Waals surface area contributed by atoms with Crippen molar-refractivity contribution in [1.29, 1.82) is 0 Å². The topological polar surface area (TPSA) is 59.1 Å². The summed E-state index contributed by atoms with van der Waals surface area (Å²) in [4.78, 5) is 4.00. The quantitative estimate of drug-likeness (QED) is 0.644.